The SMILES string of the molecule is COC(=O)CC1C(=O)NCCN1CC(=O)Nc1ccc(Cl)c(C(F)(F)F)c1. The van der Waals surface area contributed by atoms with Crippen molar-refractivity contribution in [1.29, 1.82) is 0 Å². The minimum Gasteiger partial charge on any atom is -0.469 e. The quantitative estimate of drug-likeness (QED) is 0.725. The van der Waals surface area contributed by atoms with Crippen molar-refractivity contribution in [3.05, 3.63) is 28.8 Å². The van der Waals surface area contributed by atoms with E-state index in [1.165, 1.54) is 18.1 Å². The number of carbonyl (C=O) groups excluding carboxylic acids is 3. The first kappa shape index (κ1) is 21.0. The Hall–Kier alpha value is -2.33. The minimum absolute atomic E-state index is 0.0808. The fourth-order valence-electron chi connectivity index (χ4n) is 2.62. The van der Waals surface area contributed by atoms with E-state index in [9.17, 15) is 27.6 Å². The van der Waals surface area contributed by atoms with Gasteiger partial charge in [0.2, 0.25) is 11.8 Å². The summed E-state index contributed by atoms with van der Waals surface area (Å²) in [5, 5.41) is 4.45. The van der Waals surface area contributed by atoms with Gasteiger partial charge in [-0.2, -0.15) is 13.2 Å². The van der Waals surface area contributed by atoms with E-state index in [0.717, 1.165) is 12.1 Å². The van der Waals surface area contributed by atoms with E-state index in [4.69, 9.17) is 11.6 Å². The van der Waals surface area contributed by atoms with Gasteiger partial charge in [0.25, 0.3) is 0 Å². The number of carbonyl (C=O) groups is 3. The fraction of sp³-hybridized carbons (Fsp3) is 0.438. The number of hydrogen-bond acceptors (Lipinski definition) is 5. The number of ether oxygens (including phenoxy) is 1. The van der Waals surface area contributed by atoms with Gasteiger partial charge < -0.3 is 15.4 Å². The lowest BCUT2D eigenvalue weighted by Gasteiger charge is -2.33. The van der Waals surface area contributed by atoms with Crippen LogP contribution in [0.15, 0.2) is 18.2 Å². The van der Waals surface area contributed by atoms with Crippen LogP contribution in [-0.2, 0) is 25.3 Å². The van der Waals surface area contributed by atoms with Crippen LogP contribution in [0.4, 0.5) is 18.9 Å². The highest BCUT2D eigenvalue weighted by atomic mass is 35.5. The normalized spacial score (nSPS) is 18.0. The zero-order chi connectivity index (χ0) is 20.2. The Morgan fingerprint density at radius 1 is 1.41 bits per heavy atom. The summed E-state index contributed by atoms with van der Waals surface area (Å²) in [4.78, 5) is 37.1. The number of nitrogens with one attached hydrogen (secondary N) is 2. The maximum Gasteiger partial charge on any atom is 0.417 e. The summed E-state index contributed by atoms with van der Waals surface area (Å²) in [6.45, 7) is 0.303. The molecule has 1 aromatic carbocycles. The van der Waals surface area contributed by atoms with Gasteiger partial charge in [-0.05, 0) is 18.2 Å². The average Bonchev–Trinajstić information content (AvgIpc) is 2.58. The van der Waals surface area contributed by atoms with Crippen LogP contribution in [0.2, 0.25) is 5.02 Å². The number of alkyl halides is 3. The predicted octanol–water partition coefficient (Wildman–Crippen LogP) is 1.66. The van der Waals surface area contributed by atoms with Gasteiger partial charge in [-0.25, -0.2) is 0 Å². The Kier molecular flexibility index (Phi) is 6.66. The summed E-state index contributed by atoms with van der Waals surface area (Å²) in [6, 6.07) is 2.11. The average molecular weight is 408 g/mol. The summed E-state index contributed by atoms with van der Waals surface area (Å²) in [6.07, 6.45) is -4.90. The highest BCUT2D eigenvalue weighted by molar-refractivity contribution is 6.31. The van der Waals surface area contributed by atoms with E-state index < -0.39 is 40.6 Å². The van der Waals surface area contributed by atoms with Gasteiger partial charge in [0.15, 0.2) is 0 Å². The second-order valence-corrected chi connectivity index (χ2v) is 6.21. The van der Waals surface area contributed by atoms with Crippen LogP contribution in [0, 0.1) is 0 Å². The minimum atomic E-state index is -4.66. The largest absolute Gasteiger partial charge is 0.469 e. The first-order chi connectivity index (χ1) is 12.6. The molecule has 0 saturated carbocycles. The molecule has 2 N–H and O–H groups in total. The monoisotopic (exact) mass is 407 g/mol. The Bertz CT molecular complexity index is 742. The lowest BCUT2D eigenvalue weighted by Crippen LogP contribution is -2.57. The van der Waals surface area contributed by atoms with Crippen LogP contribution in [0.1, 0.15) is 12.0 Å². The van der Waals surface area contributed by atoms with Crippen LogP contribution in [0.25, 0.3) is 0 Å². The van der Waals surface area contributed by atoms with Gasteiger partial charge in [-0.15, -0.1) is 0 Å². The van der Waals surface area contributed by atoms with Crippen LogP contribution < -0.4 is 10.6 Å². The van der Waals surface area contributed by atoms with Crippen LogP contribution in [0.3, 0.4) is 0 Å². The number of esters is 1. The molecule has 2 amide bonds. The van der Waals surface area contributed by atoms with Crippen molar-refractivity contribution >= 4 is 35.1 Å². The van der Waals surface area contributed by atoms with Crippen molar-refractivity contribution in [2.24, 2.45) is 0 Å². The first-order valence-corrected chi connectivity index (χ1v) is 8.24. The smallest absolute Gasteiger partial charge is 0.417 e. The maximum absolute atomic E-state index is 12.9. The van der Waals surface area contributed by atoms with Crippen LogP contribution in [-0.4, -0.2) is 55.5 Å². The number of methoxy groups -OCH3 is 1. The molecule has 0 spiro atoms. The van der Waals surface area contributed by atoms with Crippen LogP contribution >= 0.6 is 11.6 Å². The number of hydrogen-bond donors (Lipinski definition) is 2. The summed E-state index contributed by atoms with van der Waals surface area (Å²) in [5.41, 5.74) is -1.15. The van der Waals surface area contributed by atoms with Gasteiger partial charge in [0.05, 0.1) is 30.7 Å². The number of halogens is 4. The Labute approximate surface area is 157 Å². The molecule has 1 fully saturated rings. The molecule has 27 heavy (non-hydrogen) atoms. The van der Waals surface area contributed by atoms with E-state index in [0.29, 0.717) is 6.54 Å². The molecule has 1 heterocycles. The molecule has 1 saturated heterocycles. The van der Waals surface area contributed by atoms with Crippen molar-refractivity contribution < 1.29 is 32.3 Å². The molecule has 1 aromatic rings. The Morgan fingerprint density at radius 3 is 2.74 bits per heavy atom. The maximum atomic E-state index is 12.9. The highest BCUT2D eigenvalue weighted by Gasteiger charge is 2.34. The number of amides is 2. The lowest BCUT2D eigenvalue weighted by atomic mass is 10.1. The van der Waals surface area contributed by atoms with Gasteiger partial charge >= 0.3 is 12.1 Å². The van der Waals surface area contributed by atoms with E-state index in [1.54, 1.807) is 0 Å². The fourth-order valence-corrected chi connectivity index (χ4v) is 2.84. The molecule has 1 aliphatic rings. The Morgan fingerprint density at radius 2 is 2.11 bits per heavy atom. The first-order valence-electron chi connectivity index (χ1n) is 7.87. The molecule has 11 heteroatoms. The molecule has 0 radical (unpaired) electrons. The van der Waals surface area contributed by atoms with E-state index in [-0.39, 0.29) is 25.2 Å². The second kappa shape index (κ2) is 8.57. The third-order valence-electron chi connectivity index (χ3n) is 3.93. The molecular formula is C16H17ClF3N3O4. The molecule has 0 aliphatic carbocycles. The summed E-state index contributed by atoms with van der Waals surface area (Å²) in [7, 11) is 1.18. The summed E-state index contributed by atoms with van der Waals surface area (Å²) in [5.74, 6) is -1.67. The number of nitrogens with zero attached hydrogens (tertiary/aromatic N) is 1. The second-order valence-electron chi connectivity index (χ2n) is 5.80. The van der Waals surface area contributed by atoms with E-state index in [1.807, 2.05) is 0 Å². The van der Waals surface area contributed by atoms with Crippen molar-refractivity contribution in [2.45, 2.75) is 18.6 Å². The standard InChI is InChI=1S/C16H17ClF3N3O4/c1-27-14(25)7-12-15(26)21-4-5-23(12)8-13(24)22-9-2-3-11(17)10(6-9)16(18,19)20/h2-3,6,12H,4-5,7-8H2,1H3,(H,21,26)(H,22,24). The molecule has 2 rings (SSSR count). The molecule has 0 bridgehead atoms. The number of anilines is 1. The summed E-state index contributed by atoms with van der Waals surface area (Å²) >= 11 is 5.54. The van der Waals surface area contributed by atoms with Gasteiger partial charge in [0.1, 0.15) is 6.04 Å². The predicted molar refractivity (Wildman–Crippen MR) is 90.1 cm³/mol. The number of benzene rings is 1. The van der Waals surface area contributed by atoms with E-state index >= 15 is 0 Å². The zero-order valence-electron chi connectivity index (χ0n) is 14.2. The third-order valence-corrected chi connectivity index (χ3v) is 4.26. The number of piperazine rings is 1. The summed E-state index contributed by atoms with van der Waals surface area (Å²) < 4.78 is 43.2. The molecule has 0 aromatic heterocycles. The molecule has 1 unspecified atom stereocenters. The van der Waals surface area contributed by atoms with Gasteiger partial charge in [-0.1, -0.05) is 11.6 Å². The molecule has 1 atom stereocenters. The molecule has 7 nitrogen and oxygen atoms in total. The molecule has 148 valence electrons. The van der Waals surface area contributed by atoms with E-state index in [2.05, 4.69) is 15.4 Å². The molecular weight excluding hydrogens is 391 g/mol. The van der Waals surface area contributed by atoms with Crippen molar-refractivity contribution in [3.8, 4) is 0 Å². The van der Waals surface area contributed by atoms with Gasteiger partial charge in [0, 0.05) is 18.8 Å². The Balaban J connectivity index is 2.07. The van der Waals surface area contributed by atoms with Crippen molar-refractivity contribution in [2.75, 3.05) is 32.1 Å². The van der Waals surface area contributed by atoms with Crippen molar-refractivity contribution in [3.63, 3.8) is 0 Å². The van der Waals surface area contributed by atoms with Crippen LogP contribution in [0.5, 0.6) is 0 Å². The molecule has 1 aliphatic heterocycles. The van der Waals surface area contributed by atoms with Gasteiger partial charge in [-0.3, -0.25) is 19.3 Å². The van der Waals surface area contributed by atoms with Crippen molar-refractivity contribution in [1.82, 2.24) is 10.2 Å². The highest BCUT2D eigenvalue weighted by Crippen LogP contribution is 2.36. The lowest BCUT2D eigenvalue weighted by molar-refractivity contribution is -0.146. The third kappa shape index (κ3) is 5.57. The number of rotatable bonds is 5. The topological polar surface area (TPSA) is 87.7 Å². The zero-order valence-corrected chi connectivity index (χ0v) is 15.0.